The molecular weight excluding hydrogens is 151 g/mol. The summed E-state index contributed by atoms with van der Waals surface area (Å²) in [5, 5.41) is 1.50. The Hall–Kier alpha value is -0.350. The van der Waals surface area contributed by atoms with Crippen molar-refractivity contribution in [1.29, 1.82) is 0 Å². The average molecular weight is 166 g/mol. The highest BCUT2D eigenvalue weighted by Crippen LogP contribution is 2.22. The van der Waals surface area contributed by atoms with Crippen molar-refractivity contribution in [1.82, 2.24) is 0 Å². The Balaban J connectivity index is 2.83. The lowest BCUT2D eigenvalue weighted by atomic mass is 10.2. The summed E-state index contributed by atoms with van der Waals surface area (Å²) in [5.41, 5.74) is 1.44. The Morgan fingerprint density at radius 3 is 2.00 bits per heavy atom. The third-order valence-corrected chi connectivity index (χ3v) is 3.19. The van der Waals surface area contributed by atoms with Crippen LogP contribution in [0.4, 0.5) is 0 Å². The van der Waals surface area contributed by atoms with Gasteiger partial charge in [-0.1, -0.05) is 39.1 Å². The van der Waals surface area contributed by atoms with Crippen LogP contribution in [0.5, 0.6) is 0 Å². The van der Waals surface area contributed by atoms with Crippen molar-refractivity contribution in [2.45, 2.75) is 13.3 Å². The second-order valence-electron chi connectivity index (χ2n) is 2.91. The maximum Gasteiger partial charge on any atom is -0.0246 e. The number of hydrogen-bond acceptors (Lipinski definition) is 0. The molecule has 0 atom stereocenters. The molecule has 1 aromatic carbocycles. The molecule has 0 amide bonds. The monoisotopic (exact) mass is 166 g/mol. The normalized spacial score (nSPS) is 10.5. The third-order valence-electron chi connectivity index (χ3n) is 1.86. The van der Waals surface area contributed by atoms with Gasteiger partial charge >= 0.3 is 0 Å². The van der Waals surface area contributed by atoms with E-state index < -0.39 is 0 Å². The molecule has 0 spiro atoms. The highest BCUT2D eigenvalue weighted by Gasteiger charge is 1.96. The maximum atomic E-state index is 2.29. The first kappa shape index (κ1) is 8.74. The lowest BCUT2D eigenvalue weighted by molar-refractivity contribution is 1.14. The molecule has 0 aliphatic heterocycles. The fourth-order valence-corrected chi connectivity index (χ4v) is 1.78. The maximum absolute atomic E-state index is 2.29. The molecule has 0 fully saturated rings. The Labute approximate surface area is 70.4 Å². The second-order valence-corrected chi connectivity index (χ2v) is 5.22. The van der Waals surface area contributed by atoms with Gasteiger partial charge in [0.2, 0.25) is 0 Å². The standard InChI is InChI=1S/C10H15P/c1-4-9-5-7-10(8-6-9)11(2)3/h5-8H,4H2,1-3H3. The van der Waals surface area contributed by atoms with E-state index in [0.29, 0.717) is 0 Å². The number of rotatable bonds is 2. The van der Waals surface area contributed by atoms with Crippen LogP contribution in [0.3, 0.4) is 0 Å². The van der Waals surface area contributed by atoms with Crippen LogP contribution in [0.2, 0.25) is 0 Å². The molecule has 0 heterocycles. The van der Waals surface area contributed by atoms with Crippen LogP contribution in [-0.4, -0.2) is 13.3 Å². The van der Waals surface area contributed by atoms with Crippen LogP contribution in [0.25, 0.3) is 0 Å². The van der Waals surface area contributed by atoms with Gasteiger partial charge in [0.25, 0.3) is 0 Å². The molecule has 60 valence electrons. The number of aryl methyl sites for hydroxylation is 1. The summed E-state index contributed by atoms with van der Waals surface area (Å²) < 4.78 is 0. The summed E-state index contributed by atoms with van der Waals surface area (Å²) >= 11 is 0. The average Bonchev–Trinajstić information content (AvgIpc) is 2.05. The van der Waals surface area contributed by atoms with E-state index in [2.05, 4.69) is 44.5 Å². The van der Waals surface area contributed by atoms with Gasteiger partial charge in [-0.3, -0.25) is 0 Å². The zero-order valence-corrected chi connectivity index (χ0v) is 8.36. The molecule has 1 heteroatoms. The molecule has 1 rings (SSSR count). The molecule has 0 radical (unpaired) electrons. The van der Waals surface area contributed by atoms with Gasteiger partial charge in [-0.25, -0.2) is 0 Å². The zero-order chi connectivity index (χ0) is 8.27. The van der Waals surface area contributed by atoms with Crippen LogP contribution in [-0.2, 0) is 6.42 Å². The van der Waals surface area contributed by atoms with Crippen molar-refractivity contribution < 1.29 is 0 Å². The fourth-order valence-electron chi connectivity index (χ4n) is 1.03. The quantitative estimate of drug-likeness (QED) is 0.592. The molecule has 0 unspecified atom stereocenters. The Morgan fingerprint density at radius 1 is 1.09 bits per heavy atom. The van der Waals surface area contributed by atoms with E-state index in [-0.39, 0.29) is 7.92 Å². The number of hydrogen-bond donors (Lipinski definition) is 0. The highest BCUT2D eigenvalue weighted by atomic mass is 31.1. The molecule has 0 saturated heterocycles. The van der Waals surface area contributed by atoms with E-state index in [1.54, 1.807) is 0 Å². The molecular formula is C10H15P. The van der Waals surface area contributed by atoms with Gasteiger partial charge in [-0.2, -0.15) is 0 Å². The second kappa shape index (κ2) is 3.88. The smallest absolute Gasteiger partial charge is 0.0246 e. The van der Waals surface area contributed by atoms with Crippen molar-refractivity contribution in [3.05, 3.63) is 29.8 Å². The minimum Gasteiger partial charge on any atom is -0.0817 e. The third kappa shape index (κ3) is 2.31. The van der Waals surface area contributed by atoms with Crippen LogP contribution < -0.4 is 5.30 Å². The largest absolute Gasteiger partial charge is 0.0817 e. The summed E-state index contributed by atoms with van der Waals surface area (Å²) in [7, 11) is 0.0870. The Kier molecular flexibility index (Phi) is 3.08. The molecule has 0 saturated carbocycles. The van der Waals surface area contributed by atoms with Crippen LogP contribution in [0.1, 0.15) is 12.5 Å². The SMILES string of the molecule is CCc1ccc(P(C)C)cc1. The van der Waals surface area contributed by atoms with Gasteiger partial charge in [-0.05, 0) is 30.6 Å². The van der Waals surface area contributed by atoms with Gasteiger partial charge in [0.15, 0.2) is 0 Å². The molecule has 0 aliphatic carbocycles. The van der Waals surface area contributed by atoms with Gasteiger partial charge < -0.3 is 0 Å². The molecule has 0 bridgehead atoms. The minimum absolute atomic E-state index is 0.0870. The summed E-state index contributed by atoms with van der Waals surface area (Å²) in [6.45, 7) is 6.77. The van der Waals surface area contributed by atoms with Crippen molar-refractivity contribution in [2.75, 3.05) is 13.3 Å². The van der Waals surface area contributed by atoms with Gasteiger partial charge in [0.05, 0.1) is 0 Å². The van der Waals surface area contributed by atoms with Gasteiger partial charge in [0.1, 0.15) is 0 Å². The first-order valence-electron chi connectivity index (χ1n) is 4.00. The van der Waals surface area contributed by atoms with Crippen molar-refractivity contribution in [3.63, 3.8) is 0 Å². The molecule has 0 aliphatic rings. The van der Waals surface area contributed by atoms with Gasteiger partial charge in [-0.15, -0.1) is 0 Å². The first-order chi connectivity index (χ1) is 5.24. The molecule has 0 aromatic heterocycles. The highest BCUT2D eigenvalue weighted by molar-refractivity contribution is 7.64. The molecule has 0 N–H and O–H groups in total. The van der Waals surface area contributed by atoms with E-state index in [9.17, 15) is 0 Å². The summed E-state index contributed by atoms with van der Waals surface area (Å²) in [6.07, 6.45) is 1.14. The predicted octanol–water partition coefficient (Wildman–Crippen LogP) is 2.62. The van der Waals surface area contributed by atoms with E-state index in [0.717, 1.165) is 6.42 Å². The van der Waals surface area contributed by atoms with Crippen molar-refractivity contribution in [3.8, 4) is 0 Å². The fraction of sp³-hybridized carbons (Fsp3) is 0.400. The van der Waals surface area contributed by atoms with E-state index in [1.165, 1.54) is 10.9 Å². The van der Waals surface area contributed by atoms with E-state index in [1.807, 2.05) is 0 Å². The predicted molar refractivity (Wildman–Crippen MR) is 54.2 cm³/mol. The van der Waals surface area contributed by atoms with Crippen molar-refractivity contribution in [2.24, 2.45) is 0 Å². The minimum atomic E-state index is 0.0870. The molecule has 0 nitrogen and oxygen atoms in total. The Morgan fingerprint density at radius 2 is 1.64 bits per heavy atom. The Bertz CT molecular complexity index is 211. The molecule has 1 aromatic rings. The van der Waals surface area contributed by atoms with Crippen molar-refractivity contribution >= 4 is 13.2 Å². The lowest BCUT2D eigenvalue weighted by Crippen LogP contribution is -1.97. The van der Waals surface area contributed by atoms with Crippen LogP contribution in [0, 0.1) is 0 Å². The van der Waals surface area contributed by atoms with E-state index in [4.69, 9.17) is 0 Å². The summed E-state index contributed by atoms with van der Waals surface area (Å²) in [6, 6.07) is 8.98. The van der Waals surface area contributed by atoms with Gasteiger partial charge in [0, 0.05) is 0 Å². The van der Waals surface area contributed by atoms with Crippen LogP contribution in [0.15, 0.2) is 24.3 Å². The lowest BCUT2D eigenvalue weighted by Gasteiger charge is -2.05. The molecule has 11 heavy (non-hydrogen) atoms. The summed E-state index contributed by atoms with van der Waals surface area (Å²) in [5.74, 6) is 0. The summed E-state index contributed by atoms with van der Waals surface area (Å²) in [4.78, 5) is 0. The van der Waals surface area contributed by atoms with Crippen LogP contribution >= 0.6 is 7.92 Å². The first-order valence-corrected chi connectivity index (χ1v) is 6.24. The number of benzene rings is 1. The zero-order valence-electron chi connectivity index (χ0n) is 7.46. The van der Waals surface area contributed by atoms with E-state index >= 15 is 0 Å². The topological polar surface area (TPSA) is 0 Å².